The maximum Gasteiger partial charge on any atom is 0.229 e. The van der Waals surface area contributed by atoms with Crippen molar-refractivity contribution in [2.24, 2.45) is 0 Å². The van der Waals surface area contributed by atoms with Crippen molar-refractivity contribution in [3.8, 4) is 0 Å². The van der Waals surface area contributed by atoms with Crippen LogP contribution in [-0.2, 0) is 20.9 Å². The zero-order valence-corrected chi connectivity index (χ0v) is 16.5. The SMILES string of the molecule is CCOP(=S)(OCC)c1ccc([Si](C)(C)C(Cl)Cl)s1. The van der Waals surface area contributed by atoms with Crippen LogP contribution in [0.2, 0.25) is 13.1 Å². The Morgan fingerprint density at radius 2 is 1.79 bits per heavy atom. The van der Waals surface area contributed by atoms with Gasteiger partial charge in [-0.05, 0) is 36.2 Å². The molecule has 0 saturated carbocycles. The Labute approximate surface area is 135 Å². The first kappa shape index (κ1) is 18.1. The summed E-state index contributed by atoms with van der Waals surface area (Å²) in [6.07, 6.45) is 0. The first-order chi connectivity index (χ1) is 8.78. The second-order valence-electron chi connectivity index (χ2n) is 4.49. The van der Waals surface area contributed by atoms with E-state index < -0.39 is 14.6 Å². The first-order valence-corrected chi connectivity index (χ1v) is 13.5. The summed E-state index contributed by atoms with van der Waals surface area (Å²) >= 11 is 19.4. The van der Waals surface area contributed by atoms with E-state index in [0.29, 0.717) is 13.2 Å². The Morgan fingerprint density at radius 3 is 2.21 bits per heavy atom. The molecule has 0 spiro atoms. The molecule has 19 heavy (non-hydrogen) atoms. The maximum atomic E-state index is 6.10. The lowest BCUT2D eigenvalue weighted by atomic mass is 10.7. The van der Waals surface area contributed by atoms with Crippen LogP contribution in [0.4, 0.5) is 0 Å². The largest absolute Gasteiger partial charge is 0.326 e. The second kappa shape index (κ2) is 7.37. The molecule has 1 aromatic heterocycles. The third-order valence-electron chi connectivity index (χ3n) is 2.64. The van der Waals surface area contributed by atoms with Crippen molar-refractivity contribution in [3.63, 3.8) is 0 Å². The molecule has 0 fully saturated rings. The number of hydrogen-bond acceptors (Lipinski definition) is 4. The van der Waals surface area contributed by atoms with Crippen molar-refractivity contribution in [1.29, 1.82) is 0 Å². The van der Waals surface area contributed by atoms with E-state index in [1.54, 1.807) is 11.3 Å². The molecule has 0 radical (unpaired) electrons. The molecule has 0 aromatic carbocycles. The fourth-order valence-corrected chi connectivity index (χ4v) is 9.22. The minimum absolute atomic E-state index is 0.337. The number of hydrogen-bond donors (Lipinski definition) is 0. The van der Waals surface area contributed by atoms with Gasteiger partial charge in [0.15, 0.2) is 0 Å². The van der Waals surface area contributed by atoms with Crippen LogP contribution in [-0.4, -0.2) is 25.7 Å². The summed E-state index contributed by atoms with van der Waals surface area (Å²) in [5, 5.41) is 0. The normalized spacial score (nSPS) is 13.2. The van der Waals surface area contributed by atoms with Crippen molar-refractivity contribution < 1.29 is 9.05 Å². The average molecular weight is 377 g/mol. The predicted octanol–water partition coefficient (Wildman–Crippen LogP) is 4.01. The first-order valence-electron chi connectivity index (χ1n) is 6.06. The molecule has 0 aliphatic rings. The van der Waals surface area contributed by atoms with Crippen LogP contribution in [0.1, 0.15) is 13.8 Å². The highest BCUT2D eigenvalue weighted by Crippen LogP contribution is 2.48. The van der Waals surface area contributed by atoms with Crippen molar-refractivity contribution in [2.75, 3.05) is 13.2 Å². The van der Waals surface area contributed by atoms with Gasteiger partial charge in [-0.3, -0.25) is 0 Å². The van der Waals surface area contributed by atoms with E-state index in [2.05, 4.69) is 19.2 Å². The number of halogens is 2. The molecule has 0 aliphatic heterocycles. The standard InChI is InChI=1S/C11H19Cl2O2PS2Si/c1-5-14-16(17,15-6-2)9-7-8-10(18-9)19(3,4)11(12)13/h7-8,11H,5-6H2,1-4H3. The van der Waals surface area contributed by atoms with Gasteiger partial charge in [-0.15, -0.1) is 34.5 Å². The lowest BCUT2D eigenvalue weighted by Gasteiger charge is -2.22. The highest BCUT2D eigenvalue weighted by atomic mass is 35.5. The molecule has 1 aromatic rings. The molecule has 110 valence electrons. The molecule has 8 heteroatoms. The van der Waals surface area contributed by atoms with Gasteiger partial charge in [0.2, 0.25) is 6.49 Å². The quantitative estimate of drug-likeness (QED) is 0.406. The summed E-state index contributed by atoms with van der Waals surface area (Å²) in [7, 11) is -1.85. The van der Waals surface area contributed by atoms with E-state index in [-0.39, 0.29) is 4.46 Å². The molecule has 0 bridgehead atoms. The van der Waals surface area contributed by atoms with E-state index in [4.69, 9.17) is 44.1 Å². The topological polar surface area (TPSA) is 18.5 Å². The molecule has 0 amide bonds. The van der Waals surface area contributed by atoms with Crippen LogP contribution >= 0.6 is 41.0 Å². The van der Waals surface area contributed by atoms with E-state index in [9.17, 15) is 0 Å². The minimum atomic E-state index is -2.36. The third kappa shape index (κ3) is 4.27. The van der Waals surface area contributed by atoms with E-state index in [1.807, 2.05) is 19.9 Å². The van der Waals surface area contributed by atoms with Crippen LogP contribution in [0.15, 0.2) is 12.1 Å². The fraction of sp³-hybridized carbons (Fsp3) is 0.636. The Hall–Kier alpha value is 1.07. The van der Waals surface area contributed by atoms with Crippen LogP contribution in [0.5, 0.6) is 0 Å². The Bertz CT molecular complexity index is 455. The molecule has 1 heterocycles. The minimum Gasteiger partial charge on any atom is -0.326 e. The molecular formula is C11H19Cl2O2PS2Si. The lowest BCUT2D eigenvalue weighted by molar-refractivity contribution is 0.275. The molecule has 0 N–H and O–H groups in total. The fourth-order valence-electron chi connectivity index (χ4n) is 1.43. The van der Waals surface area contributed by atoms with Gasteiger partial charge in [-0.1, -0.05) is 19.2 Å². The summed E-state index contributed by atoms with van der Waals surface area (Å²) in [4.78, 5) is 0. The van der Waals surface area contributed by atoms with Gasteiger partial charge in [0, 0.05) is 0 Å². The summed E-state index contributed by atoms with van der Waals surface area (Å²) in [6, 6.07) is 4.08. The maximum absolute atomic E-state index is 6.10. The van der Waals surface area contributed by atoms with Gasteiger partial charge >= 0.3 is 0 Å². The third-order valence-corrected chi connectivity index (χ3v) is 15.5. The van der Waals surface area contributed by atoms with Crippen molar-refractivity contribution in [1.82, 2.24) is 0 Å². The van der Waals surface area contributed by atoms with Crippen molar-refractivity contribution in [2.45, 2.75) is 31.4 Å². The van der Waals surface area contributed by atoms with Crippen LogP contribution in [0.25, 0.3) is 0 Å². The predicted molar refractivity (Wildman–Crippen MR) is 94.1 cm³/mol. The van der Waals surface area contributed by atoms with Gasteiger partial charge < -0.3 is 9.05 Å². The molecule has 0 aliphatic carbocycles. The van der Waals surface area contributed by atoms with Crippen molar-refractivity contribution in [3.05, 3.63) is 12.1 Å². The zero-order valence-electron chi connectivity index (χ0n) is 11.5. The van der Waals surface area contributed by atoms with Gasteiger partial charge in [0.1, 0.15) is 12.5 Å². The molecule has 2 nitrogen and oxygen atoms in total. The Balaban J connectivity index is 3.10. The highest BCUT2D eigenvalue weighted by Gasteiger charge is 2.34. The average Bonchev–Trinajstić information content (AvgIpc) is 2.79. The molecule has 1 rings (SSSR count). The monoisotopic (exact) mass is 376 g/mol. The lowest BCUT2D eigenvalue weighted by Crippen LogP contribution is -2.46. The van der Waals surface area contributed by atoms with Crippen molar-refractivity contribution >= 4 is 70.0 Å². The van der Waals surface area contributed by atoms with Gasteiger partial charge in [0.05, 0.1) is 17.8 Å². The van der Waals surface area contributed by atoms with Crippen LogP contribution < -0.4 is 9.12 Å². The summed E-state index contributed by atoms with van der Waals surface area (Å²) in [5.74, 6) is 0. The molecular weight excluding hydrogens is 358 g/mol. The summed E-state index contributed by atoms with van der Waals surface area (Å²) in [5.41, 5.74) is 0. The Morgan fingerprint density at radius 1 is 1.26 bits per heavy atom. The van der Waals surface area contributed by atoms with Crippen LogP contribution in [0, 0.1) is 0 Å². The smallest absolute Gasteiger partial charge is 0.229 e. The van der Waals surface area contributed by atoms with E-state index in [1.165, 1.54) is 4.50 Å². The molecule has 0 atom stereocenters. The number of thiophene rings is 1. The summed E-state index contributed by atoms with van der Waals surface area (Å²) < 4.78 is 13.3. The van der Waals surface area contributed by atoms with Gasteiger partial charge in [0.25, 0.3) is 0 Å². The zero-order chi connectivity index (χ0) is 14.7. The molecule has 0 unspecified atom stereocenters. The second-order valence-corrected chi connectivity index (χ2v) is 16.1. The highest BCUT2D eigenvalue weighted by molar-refractivity contribution is 8.15. The number of rotatable bonds is 7. The van der Waals surface area contributed by atoms with Crippen LogP contribution in [0.3, 0.4) is 0 Å². The van der Waals surface area contributed by atoms with E-state index in [0.717, 1.165) is 4.62 Å². The van der Waals surface area contributed by atoms with Gasteiger partial charge in [-0.25, -0.2) is 0 Å². The summed E-state index contributed by atoms with van der Waals surface area (Å²) in [6.45, 7) is 6.91. The van der Waals surface area contributed by atoms with Gasteiger partial charge in [-0.2, -0.15) is 0 Å². The number of alkyl halides is 2. The Kier molecular flexibility index (Phi) is 7.02. The molecule has 0 saturated heterocycles. The van der Waals surface area contributed by atoms with E-state index >= 15 is 0 Å².